The molecule has 0 bridgehead atoms. The lowest BCUT2D eigenvalue weighted by molar-refractivity contribution is 0.319. The van der Waals surface area contributed by atoms with Gasteiger partial charge in [-0.3, -0.25) is 5.84 Å². The predicted octanol–water partition coefficient (Wildman–Crippen LogP) is 3.12. The molecule has 0 atom stereocenters. The van der Waals surface area contributed by atoms with Gasteiger partial charge < -0.3 is 0 Å². The molecule has 0 unspecified atom stereocenters. The van der Waals surface area contributed by atoms with Crippen LogP contribution < -0.4 is 5.84 Å². The highest BCUT2D eigenvalue weighted by Crippen LogP contribution is 2.02. The standard InChI is InChI=1S/C17H20N2/c18-19(15-13-17-10-5-2-6-11-17)14-7-12-16-8-3-1-4-9-16/h1-12H,13-15,18H2. The van der Waals surface area contributed by atoms with Gasteiger partial charge >= 0.3 is 0 Å². The highest BCUT2D eigenvalue weighted by molar-refractivity contribution is 5.48. The topological polar surface area (TPSA) is 29.3 Å². The monoisotopic (exact) mass is 252 g/mol. The summed E-state index contributed by atoms with van der Waals surface area (Å²) in [6, 6.07) is 20.7. The Morgan fingerprint density at radius 3 is 2.21 bits per heavy atom. The molecular formula is C17H20N2. The van der Waals surface area contributed by atoms with E-state index in [0.29, 0.717) is 0 Å². The third-order valence-electron chi connectivity index (χ3n) is 2.98. The summed E-state index contributed by atoms with van der Waals surface area (Å²) in [7, 11) is 0. The van der Waals surface area contributed by atoms with Gasteiger partial charge in [-0.1, -0.05) is 72.8 Å². The van der Waals surface area contributed by atoms with E-state index in [0.717, 1.165) is 19.5 Å². The van der Waals surface area contributed by atoms with Crippen molar-refractivity contribution in [1.29, 1.82) is 0 Å². The van der Waals surface area contributed by atoms with E-state index in [1.807, 2.05) is 29.3 Å². The second-order valence-corrected chi connectivity index (χ2v) is 4.54. The number of nitrogens with two attached hydrogens (primary N) is 1. The number of nitrogens with zero attached hydrogens (tertiary/aromatic N) is 1. The SMILES string of the molecule is NN(CC=Cc1ccccc1)CCc1ccccc1. The molecule has 2 rings (SSSR count). The van der Waals surface area contributed by atoms with Crippen LogP contribution in [0.25, 0.3) is 6.08 Å². The van der Waals surface area contributed by atoms with Crippen LogP contribution in [0.4, 0.5) is 0 Å². The Morgan fingerprint density at radius 1 is 0.895 bits per heavy atom. The summed E-state index contributed by atoms with van der Waals surface area (Å²) in [5.41, 5.74) is 2.53. The van der Waals surface area contributed by atoms with Crippen LogP contribution >= 0.6 is 0 Å². The van der Waals surface area contributed by atoms with Crippen molar-refractivity contribution in [3.63, 3.8) is 0 Å². The van der Waals surface area contributed by atoms with Crippen molar-refractivity contribution < 1.29 is 0 Å². The lowest BCUT2D eigenvalue weighted by Crippen LogP contribution is -2.33. The van der Waals surface area contributed by atoms with Crippen molar-refractivity contribution in [2.24, 2.45) is 5.84 Å². The largest absolute Gasteiger partial charge is 0.268 e. The molecule has 0 saturated heterocycles. The van der Waals surface area contributed by atoms with E-state index in [-0.39, 0.29) is 0 Å². The fourth-order valence-corrected chi connectivity index (χ4v) is 1.90. The van der Waals surface area contributed by atoms with Crippen molar-refractivity contribution in [3.8, 4) is 0 Å². The molecule has 98 valence electrons. The molecule has 2 heteroatoms. The van der Waals surface area contributed by atoms with Crippen molar-refractivity contribution in [1.82, 2.24) is 5.01 Å². The molecule has 0 aliphatic rings. The van der Waals surface area contributed by atoms with Gasteiger partial charge in [0.05, 0.1) is 0 Å². The smallest absolute Gasteiger partial charge is 0.0312 e. The van der Waals surface area contributed by atoms with Crippen molar-refractivity contribution in [2.45, 2.75) is 6.42 Å². The molecule has 0 aliphatic carbocycles. The lowest BCUT2D eigenvalue weighted by atomic mass is 10.1. The Balaban J connectivity index is 1.73. The Labute approximate surface area is 115 Å². The molecule has 0 radical (unpaired) electrons. The maximum Gasteiger partial charge on any atom is 0.0312 e. The number of rotatable bonds is 6. The van der Waals surface area contributed by atoms with Gasteiger partial charge in [-0.25, -0.2) is 5.01 Å². The first-order valence-electron chi connectivity index (χ1n) is 6.60. The summed E-state index contributed by atoms with van der Waals surface area (Å²) < 4.78 is 0. The second-order valence-electron chi connectivity index (χ2n) is 4.54. The Hall–Kier alpha value is -1.90. The minimum Gasteiger partial charge on any atom is -0.268 e. The molecule has 0 fully saturated rings. The lowest BCUT2D eigenvalue weighted by Gasteiger charge is -2.13. The van der Waals surface area contributed by atoms with E-state index < -0.39 is 0 Å². The second kappa shape index (κ2) is 7.52. The first kappa shape index (κ1) is 13.5. The zero-order chi connectivity index (χ0) is 13.3. The molecule has 0 heterocycles. The molecule has 0 aromatic heterocycles. The van der Waals surface area contributed by atoms with Gasteiger partial charge in [-0.15, -0.1) is 0 Å². The van der Waals surface area contributed by atoms with Gasteiger partial charge in [0.2, 0.25) is 0 Å². The fourth-order valence-electron chi connectivity index (χ4n) is 1.90. The molecule has 0 amide bonds. The van der Waals surface area contributed by atoms with E-state index in [4.69, 9.17) is 5.84 Å². The molecule has 0 spiro atoms. The van der Waals surface area contributed by atoms with Gasteiger partial charge in [0, 0.05) is 13.1 Å². The molecular weight excluding hydrogens is 232 g/mol. The number of hydrazine groups is 1. The van der Waals surface area contributed by atoms with Crippen LogP contribution in [0.3, 0.4) is 0 Å². The van der Waals surface area contributed by atoms with Crippen LogP contribution in [0.5, 0.6) is 0 Å². The third-order valence-corrected chi connectivity index (χ3v) is 2.98. The molecule has 2 N–H and O–H groups in total. The molecule has 2 aromatic carbocycles. The van der Waals surface area contributed by atoms with E-state index >= 15 is 0 Å². The maximum atomic E-state index is 5.97. The molecule has 19 heavy (non-hydrogen) atoms. The molecule has 0 aliphatic heterocycles. The third kappa shape index (κ3) is 5.08. The van der Waals surface area contributed by atoms with Gasteiger partial charge in [-0.2, -0.15) is 0 Å². The van der Waals surface area contributed by atoms with E-state index in [2.05, 4.69) is 48.6 Å². The highest BCUT2D eigenvalue weighted by Gasteiger charge is 1.97. The Bertz CT molecular complexity index is 491. The summed E-state index contributed by atoms with van der Waals surface area (Å²) in [5.74, 6) is 5.97. The zero-order valence-electron chi connectivity index (χ0n) is 11.1. The van der Waals surface area contributed by atoms with Crippen LogP contribution in [0.1, 0.15) is 11.1 Å². The van der Waals surface area contributed by atoms with Gasteiger partial charge in [0.25, 0.3) is 0 Å². The summed E-state index contributed by atoms with van der Waals surface area (Å²) in [6.07, 6.45) is 5.18. The average Bonchev–Trinajstić information content (AvgIpc) is 2.47. The zero-order valence-corrected chi connectivity index (χ0v) is 11.1. The van der Waals surface area contributed by atoms with Crippen molar-refractivity contribution >= 4 is 6.08 Å². The maximum absolute atomic E-state index is 5.97. The Morgan fingerprint density at radius 2 is 1.53 bits per heavy atom. The average molecular weight is 252 g/mol. The summed E-state index contributed by atoms with van der Waals surface area (Å²) in [6.45, 7) is 1.63. The first-order valence-corrected chi connectivity index (χ1v) is 6.60. The van der Waals surface area contributed by atoms with Crippen LogP contribution in [0.15, 0.2) is 66.7 Å². The van der Waals surface area contributed by atoms with E-state index in [1.165, 1.54) is 11.1 Å². The van der Waals surface area contributed by atoms with Crippen LogP contribution in [-0.2, 0) is 6.42 Å². The number of benzene rings is 2. The van der Waals surface area contributed by atoms with Crippen molar-refractivity contribution in [2.75, 3.05) is 13.1 Å². The molecule has 2 nitrogen and oxygen atoms in total. The number of hydrogen-bond acceptors (Lipinski definition) is 2. The Kier molecular flexibility index (Phi) is 5.35. The van der Waals surface area contributed by atoms with Gasteiger partial charge in [-0.05, 0) is 17.5 Å². The van der Waals surface area contributed by atoms with E-state index in [9.17, 15) is 0 Å². The van der Waals surface area contributed by atoms with Crippen molar-refractivity contribution in [3.05, 3.63) is 77.9 Å². The summed E-state index contributed by atoms with van der Waals surface area (Å²) in [4.78, 5) is 0. The minimum atomic E-state index is 0.766. The predicted molar refractivity (Wildman–Crippen MR) is 81.4 cm³/mol. The van der Waals surface area contributed by atoms with Crippen LogP contribution in [-0.4, -0.2) is 18.1 Å². The first-order chi connectivity index (χ1) is 9.34. The normalized spacial score (nSPS) is 11.3. The molecule has 2 aromatic rings. The summed E-state index contributed by atoms with van der Waals surface area (Å²) >= 11 is 0. The van der Waals surface area contributed by atoms with E-state index in [1.54, 1.807) is 0 Å². The quantitative estimate of drug-likeness (QED) is 0.632. The number of hydrogen-bond donors (Lipinski definition) is 1. The molecule has 0 saturated carbocycles. The minimum absolute atomic E-state index is 0.766. The fraction of sp³-hybridized carbons (Fsp3) is 0.176. The highest BCUT2D eigenvalue weighted by atomic mass is 15.4. The van der Waals surface area contributed by atoms with Crippen LogP contribution in [0, 0.1) is 0 Å². The van der Waals surface area contributed by atoms with Gasteiger partial charge in [0.1, 0.15) is 0 Å². The van der Waals surface area contributed by atoms with Gasteiger partial charge in [0.15, 0.2) is 0 Å². The van der Waals surface area contributed by atoms with Crippen LogP contribution in [0.2, 0.25) is 0 Å². The summed E-state index contributed by atoms with van der Waals surface area (Å²) in [5, 5.41) is 1.84.